The van der Waals surface area contributed by atoms with Crippen LogP contribution in [0.15, 0.2) is 18.2 Å². The highest BCUT2D eigenvalue weighted by atomic mass is 16.5. The van der Waals surface area contributed by atoms with E-state index in [0.29, 0.717) is 11.5 Å². The molecule has 0 amide bonds. The smallest absolute Gasteiger partial charge is 0.304 e. The molecule has 1 rings (SSSR count). The summed E-state index contributed by atoms with van der Waals surface area (Å²) in [4.78, 5) is 10.9. The van der Waals surface area contributed by atoms with Crippen LogP contribution in [-0.2, 0) is 4.79 Å². The molecule has 2 unspecified atom stereocenters. The molecule has 0 aliphatic carbocycles. The van der Waals surface area contributed by atoms with Crippen LogP contribution in [-0.4, -0.2) is 31.3 Å². The Labute approximate surface area is 107 Å². The fourth-order valence-corrected chi connectivity index (χ4v) is 1.90. The lowest BCUT2D eigenvalue weighted by atomic mass is 9.89. The van der Waals surface area contributed by atoms with Gasteiger partial charge in [-0.15, -0.1) is 0 Å². The van der Waals surface area contributed by atoms with Crippen LogP contribution in [0.1, 0.15) is 24.8 Å². The Hall–Kier alpha value is -1.75. The highest BCUT2D eigenvalue weighted by molar-refractivity contribution is 5.68. The minimum atomic E-state index is -0.887. The number of methoxy groups -OCH3 is 2. The summed E-state index contributed by atoms with van der Waals surface area (Å²) in [7, 11) is 3.11. The van der Waals surface area contributed by atoms with Crippen molar-refractivity contribution in [1.82, 2.24) is 0 Å². The van der Waals surface area contributed by atoms with Gasteiger partial charge in [0.25, 0.3) is 0 Å². The molecule has 0 saturated carbocycles. The SMILES string of the molecule is COc1ccc(OC)c(C(CC(=O)O)C(C)N)c1. The van der Waals surface area contributed by atoms with Crippen LogP contribution in [0, 0.1) is 0 Å². The number of carboxylic acid groups (broad SMARTS) is 1. The van der Waals surface area contributed by atoms with Crippen molar-refractivity contribution >= 4 is 5.97 Å². The van der Waals surface area contributed by atoms with Gasteiger partial charge in [-0.2, -0.15) is 0 Å². The number of hydrogen-bond donors (Lipinski definition) is 2. The molecule has 0 aliphatic heterocycles. The van der Waals surface area contributed by atoms with Gasteiger partial charge in [-0.05, 0) is 25.1 Å². The quantitative estimate of drug-likeness (QED) is 0.805. The number of benzene rings is 1. The fraction of sp³-hybridized carbons (Fsp3) is 0.462. The van der Waals surface area contributed by atoms with Crippen LogP contribution in [0.5, 0.6) is 11.5 Å². The molecule has 3 N–H and O–H groups in total. The number of nitrogens with two attached hydrogens (primary N) is 1. The molecular formula is C13H19NO4. The third kappa shape index (κ3) is 3.37. The Morgan fingerprint density at radius 3 is 2.50 bits per heavy atom. The molecule has 1 aromatic carbocycles. The van der Waals surface area contributed by atoms with Crippen molar-refractivity contribution in [2.45, 2.75) is 25.3 Å². The summed E-state index contributed by atoms with van der Waals surface area (Å²) in [6, 6.07) is 5.00. The van der Waals surface area contributed by atoms with Crippen LogP contribution in [0.2, 0.25) is 0 Å². The standard InChI is InChI=1S/C13H19NO4/c1-8(14)10(7-13(15)16)11-6-9(17-2)4-5-12(11)18-3/h4-6,8,10H,7,14H2,1-3H3,(H,15,16). The van der Waals surface area contributed by atoms with Crippen molar-refractivity contribution in [1.29, 1.82) is 0 Å². The molecule has 5 nitrogen and oxygen atoms in total. The maximum Gasteiger partial charge on any atom is 0.304 e. The van der Waals surface area contributed by atoms with Gasteiger partial charge >= 0.3 is 5.97 Å². The van der Waals surface area contributed by atoms with Gasteiger partial charge in [0.15, 0.2) is 0 Å². The minimum Gasteiger partial charge on any atom is -0.497 e. The van der Waals surface area contributed by atoms with E-state index < -0.39 is 5.97 Å². The van der Waals surface area contributed by atoms with Crippen molar-refractivity contribution in [2.75, 3.05) is 14.2 Å². The van der Waals surface area contributed by atoms with E-state index in [2.05, 4.69) is 0 Å². The number of carbonyl (C=O) groups is 1. The highest BCUT2D eigenvalue weighted by Gasteiger charge is 2.23. The summed E-state index contributed by atoms with van der Waals surface area (Å²) >= 11 is 0. The van der Waals surface area contributed by atoms with Crippen LogP contribution in [0.25, 0.3) is 0 Å². The van der Waals surface area contributed by atoms with E-state index in [4.69, 9.17) is 20.3 Å². The van der Waals surface area contributed by atoms with Crippen molar-refractivity contribution in [3.8, 4) is 11.5 Å². The third-order valence-corrected chi connectivity index (χ3v) is 2.87. The molecule has 0 saturated heterocycles. The zero-order valence-corrected chi connectivity index (χ0v) is 10.8. The van der Waals surface area contributed by atoms with Crippen molar-refractivity contribution < 1.29 is 19.4 Å². The molecule has 1 aromatic rings. The van der Waals surface area contributed by atoms with E-state index in [1.165, 1.54) is 0 Å². The summed E-state index contributed by atoms with van der Waals surface area (Å²) in [6.45, 7) is 1.78. The van der Waals surface area contributed by atoms with E-state index in [1.54, 1.807) is 39.3 Å². The number of rotatable bonds is 6. The topological polar surface area (TPSA) is 81.8 Å². The summed E-state index contributed by atoms with van der Waals surface area (Å²) in [5.41, 5.74) is 6.63. The molecule has 0 fully saturated rings. The lowest BCUT2D eigenvalue weighted by Crippen LogP contribution is -2.27. The monoisotopic (exact) mass is 253 g/mol. The number of aliphatic carboxylic acids is 1. The Morgan fingerprint density at radius 2 is 2.06 bits per heavy atom. The molecule has 0 spiro atoms. The normalized spacial score (nSPS) is 13.8. The van der Waals surface area contributed by atoms with Gasteiger partial charge in [0, 0.05) is 17.5 Å². The third-order valence-electron chi connectivity index (χ3n) is 2.87. The fourth-order valence-electron chi connectivity index (χ4n) is 1.90. The van der Waals surface area contributed by atoms with E-state index in [0.717, 1.165) is 5.56 Å². The van der Waals surface area contributed by atoms with E-state index >= 15 is 0 Å². The molecular weight excluding hydrogens is 234 g/mol. The van der Waals surface area contributed by atoms with Gasteiger partial charge in [0.1, 0.15) is 11.5 Å². The minimum absolute atomic E-state index is 0.0405. The Balaban J connectivity index is 3.19. The maximum atomic E-state index is 10.9. The summed E-state index contributed by atoms with van der Waals surface area (Å²) in [5.74, 6) is 0.0795. The predicted molar refractivity (Wildman–Crippen MR) is 68.2 cm³/mol. The lowest BCUT2D eigenvalue weighted by Gasteiger charge is -2.22. The largest absolute Gasteiger partial charge is 0.497 e. The van der Waals surface area contributed by atoms with Gasteiger partial charge in [0.05, 0.1) is 20.6 Å². The van der Waals surface area contributed by atoms with E-state index in [1.807, 2.05) is 0 Å². The molecule has 0 heterocycles. The van der Waals surface area contributed by atoms with E-state index in [-0.39, 0.29) is 18.4 Å². The van der Waals surface area contributed by atoms with Gasteiger partial charge in [-0.25, -0.2) is 0 Å². The Morgan fingerprint density at radius 1 is 1.39 bits per heavy atom. The van der Waals surface area contributed by atoms with Gasteiger partial charge < -0.3 is 20.3 Å². The summed E-state index contributed by atoms with van der Waals surface area (Å²) < 4.78 is 10.4. The Kier molecular flexibility index (Phi) is 4.97. The van der Waals surface area contributed by atoms with Crippen LogP contribution in [0.4, 0.5) is 0 Å². The van der Waals surface area contributed by atoms with Crippen molar-refractivity contribution in [3.63, 3.8) is 0 Å². The predicted octanol–water partition coefficient (Wildman–Crippen LogP) is 1.61. The van der Waals surface area contributed by atoms with Crippen LogP contribution >= 0.6 is 0 Å². The summed E-state index contributed by atoms with van der Waals surface area (Å²) in [5, 5.41) is 8.96. The first-order chi connectivity index (χ1) is 8.49. The zero-order valence-electron chi connectivity index (χ0n) is 10.8. The number of ether oxygens (including phenoxy) is 2. The summed E-state index contributed by atoms with van der Waals surface area (Å²) in [6.07, 6.45) is -0.0405. The van der Waals surface area contributed by atoms with Crippen LogP contribution in [0.3, 0.4) is 0 Å². The zero-order chi connectivity index (χ0) is 13.7. The second-order valence-corrected chi connectivity index (χ2v) is 4.17. The van der Waals surface area contributed by atoms with Gasteiger partial charge in [-0.1, -0.05) is 0 Å². The first-order valence-electron chi connectivity index (χ1n) is 5.69. The highest BCUT2D eigenvalue weighted by Crippen LogP contribution is 2.33. The van der Waals surface area contributed by atoms with Crippen molar-refractivity contribution in [3.05, 3.63) is 23.8 Å². The molecule has 18 heavy (non-hydrogen) atoms. The molecule has 0 aliphatic rings. The lowest BCUT2D eigenvalue weighted by molar-refractivity contribution is -0.137. The average Bonchev–Trinajstić information content (AvgIpc) is 2.34. The molecule has 5 heteroatoms. The molecule has 0 bridgehead atoms. The first kappa shape index (κ1) is 14.3. The molecule has 0 aromatic heterocycles. The number of carboxylic acids is 1. The second-order valence-electron chi connectivity index (χ2n) is 4.17. The van der Waals surface area contributed by atoms with Gasteiger partial charge in [0.2, 0.25) is 0 Å². The van der Waals surface area contributed by atoms with Crippen LogP contribution < -0.4 is 15.2 Å². The average molecular weight is 253 g/mol. The van der Waals surface area contributed by atoms with E-state index in [9.17, 15) is 4.79 Å². The second kappa shape index (κ2) is 6.26. The maximum absolute atomic E-state index is 10.9. The van der Waals surface area contributed by atoms with Gasteiger partial charge in [-0.3, -0.25) is 4.79 Å². The first-order valence-corrected chi connectivity index (χ1v) is 5.69. The Bertz CT molecular complexity index is 417. The van der Waals surface area contributed by atoms with Crippen molar-refractivity contribution in [2.24, 2.45) is 5.73 Å². The molecule has 2 atom stereocenters. The molecule has 0 radical (unpaired) electrons. The number of hydrogen-bond acceptors (Lipinski definition) is 4. The molecule has 100 valence electrons.